The minimum Gasteiger partial charge on any atom is -0.481 e. The second-order valence-corrected chi connectivity index (χ2v) is 4.04. The summed E-state index contributed by atoms with van der Waals surface area (Å²) in [7, 11) is 0. The van der Waals surface area contributed by atoms with Gasteiger partial charge in [-0.15, -0.1) is 0 Å². The van der Waals surface area contributed by atoms with Gasteiger partial charge in [0.1, 0.15) is 0 Å². The Labute approximate surface area is 90.3 Å². The lowest BCUT2D eigenvalue weighted by atomic mass is 10.1. The highest BCUT2D eigenvalue weighted by Crippen LogP contribution is 2.26. The van der Waals surface area contributed by atoms with Crippen molar-refractivity contribution in [1.82, 2.24) is 4.90 Å². The van der Waals surface area contributed by atoms with Crippen molar-refractivity contribution in [3.63, 3.8) is 0 Å². The molecule has 0 aliphatic heterocycles. The number of amides is 1. The third-order valence-electron chi connectivity index (χ3n) is 2.99. The lowest BCUT2D eigenvalue weighted by Gasteiger charge is -2.23. The van der Waals surface area contributed by atoms with Gasteiger partial charge in [0.15, 0.2) is 0 Å². The molecule has 0 aromatic carbocycles. The van der Waals surface area contributed by atoms with E-state index in [1.54, 1.807) is 4.90 Å². The van der Waals surface area contributed by atoms with Gasteiger partial charge < -0.3 is 10.0 Å². The maximum absolute atomic E-state index is 11.9. The SMILES string of the molecule is CCN(CCC(=O)O)C(=O)C1CCCC1. The summed E-state index contributed by atoms with van der Waals surface area (Å²) in [6, 6.07) is 0. The molecule has 1 rings (SSSR count). The zero-order valence-corrected chi connectivity index (χ0v) is 9.24. The highest BCUT2D eigenvalue weighted by atomic mass is 16.4. The molecule has 0 aromatic rings. The van der Waals surface area contributed by atoms with Gasteiger partial charge in [0.05, 0.1) is 6.42 Å². The maximum Gasteiger partial charge on any atom is 0.305 e. The van der Waals surface area contributed by atoms with Crippen LogP contribution in [0.4, 0.5) is 0 Å². The van der Waals surface area contributed by atoms with Gasteiger partial charge in [-0.05, 0) is 19.8 Å². The highest BCUT2D eigenvalue weighted by Gasteiger charge is 2.26. The van der Waals surface area contributed by atoms with Crippen molar-refractivity contribution in [1.29, 1.82) is 0 Å². The quantitative estimate of drug-likeness (QED) is 0.753. The van der Waals surface area contributed by atoms with Gasteiger partial charge in [-0.3, -0.25) is 9.59 Å². The summed E-state index contributed by atoms with van der Waals surface area (Å²) in [6.45, 7) is 2.86. The van der Waals surface area contributed by atoms with E-state index in [0.29, 0.717) is 13.1 Å². The Hall–Kier alpha value is -1.06. The van der Waals surface area contributed by atoms with Gasteiger partial charge >= 0.3 is 5.97 Å². The van der Waals surface area contributed by atoms with Gasteiger partial charge in [-0.2, -0.15) is 0 Å². The molecule has 0 saturated heterocycles. The van der Waals surface area contributed by atoms with E-state index in [1.165, 1.54) is 0 Å². The van der Waals surface area contributed by atoms with E-state index < -0.39 is 5.97 Å². The van der Waals surface area contributed by atoms with Crippen molar-refractivity contribution < 1.29 is 14.7 Å². The van der Waals surface area contributed by atoms with Crippen LogP contribution in [0.3, 0.4) is 0 Å². The molecule has 0 heterocycles. The molecule has 1 N–H and O–H groups in total. The molecule has 4 heteroatoms. The van der Waals surface area contributed by atoms with Crippen LogP contribution in [0.25, 0.3) is 0 Å². The Bertz CT molecular complexity index is 234. The van der Waals surface area contributed by atoms with E-state index in [-0.39, 0.29) is 18.2 Å². The van der Waals surface area contributed by atoms with Crippen LogP contribution in [-0.2, 0) is 9.59 Å². The van der Waals surface area contributed by atoms with Gasteiger partial charge in [0, 0.05) is 19.0 Å². The predicted molar refractivity (Wildman–Crippen MR) is 56.5 cm³/mol. The lowest BCUT2D eigenvalue weighted by Crippen LogP contribution is -2.36. The lowest BCUT2D eigenvalue weighted by molar-refractivity contribution is -0.139. The van der Waals surface area contributed by atoms with E-state index in [0.717, 1.165) is 25.7 Å². The summed E-state index contributed by atoms with van der Waals surface area (Å²) >= 11 is 0. The standard InChI is InChI=1S/C11H19NO3/c1-2-12(8-7-10(13)14)11(15)9-5-3-4-6-9/h9H,2-8H2,1H3,(H,13,14). The molecule has 1 aliphatic carbocycles. The summed E-state index contributed by atoms with van der Waals surface area (Å²) < 4.78 is 0. The van der Waals surface area contributed by atoms with Crippen LogP contribution in [0.2, 0.25) is 0 Å². The van der Waals surface area contributed by atoms with Gasteiger partial charge in [0.2, 0.25) is 5.91 Å². The van der Waals surface area contributed by atoms with Crippen LogP contribution in [-0.4, -0.2) is 35.0 Å². The summed E-state index contributed by atoms with van der Waals surface area (Å²) in [6.07, 6.45) is 4.26. The predicted octanol–water partition coefficient (Wildman–Crippen LogP) is 1.50. The van der Waals surface area contributed by atoms with Crippen LogP contribution in [0.1, 0.15) is 39.0 Å². The molecule has 1 aliphatic rings. The van der Waals surface area contributed by atoms with Gasteiger partial charge in [-0.25, -0.2) is 0 Å². The smallest absolute Gasteiger partial charge is 0.305 e. The summed E-state index contributed by atoms with van der Waals surface area (Å²) in [4.78, 5) is 24.0. The number of nitrogens with zero attached hydrogens (tertiary/aromatic N) is 1. The number of carboxylic acids is 1. The first-order valence-electron chi connectivity index (χ1n) is 5.65. The third kappa shape index (κ3) is 3.53. The molecule has 0 unspecified atom stereocenters. The fraction of sp³-hybridized carbons (Fsp3) is 0.818. The topological polar surface area (TPSA) is 57.6 Å². The second kappa shape index (κ2) is 5.73. The molecule has 0 aromatic heterocycles. The number of carbonyl (C=O) groups excluding carboxylic acids is 1. The molecule has 86 valence electrons. The van der Waals surface area contributed by atoms with Crippen molar-refractivity contribution in [2.24, 2.45) is 5.92 Å². The monoisotopic (exact) mass is 213 g/mol. The van der Waals surface area contributed by atoms with E-state index >= 15 is 0 Å². The number of rotatable bonds is 5. The zero-order valence-electron chi connectivity index (χ0n) is 9.24. The van der Waals surface area contributed by atoms with Crippen molar-refractivity contribution in [2.75, 3.05) is 13.1 Å². The molecule has 0 bridgehead atoms. The first-order chi connectivity index (χ1) is 7.15. The Morgan fingerprint density at radius 1 is 1.33 bits per heavy atom. The fourth-order valence-corrected chi connectivity index (χ4v) is 2.09. The normalized spacial score (nSPS) is 16.6. The number of aliphatic carboxylic acids is 1. The van der Waals surface area contributed by atoms with E-state index in [1.807, 2.05) is 6.92 Å². The largest absolute Gasteiger partial charge is 0.481 e. The summed E-state index contributed by atoms with van der Waals surface area (Å²) in [5.41, 5.74) is 0. The molecular formula is C11H19NO3. The van der Waals surface area contributed by atoms with Crippen molar-refractivity contribution in [3.05, 3.63) is 0 Å². The molecule has 1 fully saturated rings. The number of carboxylic acid groups (broad SMARTS) is 1. The minimum absolute atomic E-state index is 0.0479. The summed E-state index contributed by atoms with van der Waals surface area (Å²) in [5.74, 6) is -0.539. The van der Waals surface area contributed by atoms with E-state index in [9.17, 15) is 9.59 Å². The van der Waals surface area contributed by atoms with Crippen molar-refractivity contribution >= 4 is 11.9 Å². The van der Waals surface area contributed by atoms with Gasteiger partial charge in [0.25, 0.3) is 0 Å². The molecular weight excluding hydrogens is 194 g/mol. The second-order valence-electron chi connectivity index (χ2n) is 4.04. The fourth-order valence-electron chi connectivity index (χ4n) is 2.09. The Balaban J connectivity index is 2.42. The molecule has 0 atom stereocenters. The van der Waals surface area contributed by atoms with Crippen molar-refractivity contribution in [2.45, 2.75) is 39.0 Å². The Morgan fingerprint density at radius 2 is 1.93 bits per heavy atom. The van der Waals surface area contributed by atoms with Crippen molar-refractivity contribution in [3.8, 4) is 0 Å². The molecule has 1 amide bonds. The van der Waals surface area contributed by atoms with Crippen LogP contribution in [0, 0.1) is 5.92 Å². The average molecular weight is 213 g/mol. The maximum atomic E-state index is 11.9. The third-order valence-corrected chi connectivity index (χ3v) is 2.99. The molecule has 15 heavy (non-hydrogen) atoms. The van der Waals surface area contributed by atoms with E-state index in [2.05, 4.69) is 0 Å². The summed E-state index contributed by atoms with van der Waals surface area (Å²) in [5, 5.41) is 8.57. The van der Waals surface area contributed by atoms with Crippen LogP contribution < -0.4 is 0 Å². The molecule has 0 spiro atoms. The number of hydrogen-bond donors (Lipinski definition) is 1. The zero-order chi connectivity index (χ0) is 11.3. The number of carbonyl (C=O) groups is 2. The Kier molecular flexibility index (Phi) is 4.59. The number of hydrogen-bond acceptors (Lipinski definition) is 2. The van der Waals surface area contributed by atoms with E-state index in [4.69, 9.17) is 5.11 Å². The van der Waals surface area contributed by atoms with Crippen LogP contribution >= 0.6 is 0 Å². The first kappa shape index (κ1) is 12.0. The Morgan fingerprint density at radius 3 is 2.40 bits per heavy atom. The average Bonchev–Trinajstić information content (AvgIpc) is 2.70. The highest BCUT2D eigenvalue weighted by molar-refractivity contribution is 5.79. The molecule has 0 radical (unpaired) electrons. The van der Waals surface area contributed by atoms with Crippen LogP contribution in [0.15, 0.2) is 0 Å². The van der Waals surface area contributed by atoms with Gasteiger partial charge in [-0.1, -0.05) is 12.8 Å². The first-order valence-corrected chi connectivity index (χ1v) is 5.65. The molecule has 4 nitrogen and oxygen atoms in total. The van der Waals surface area contributed by atoms with Crippen LogP contribution in [0.5, 0.6) is 0 Å². The minimum atomic E-state index is -0.840. The molecule has 1 saturated carbocycles.